The van der Waals surface area contributed by atoms with Crippen LogP contribution in [0.15, 0.2) is 53.1 Å². The number of nitrogens with zero attached hydrogens (tertiary/aromatic N) is 3. The molecule has 0 N–H and O–H groups in total. The summed E-state index contributed by atoms with van der Waals surface area (Å²) in [6.45, 7) is 2.57. The van der Waals surface area contributed by atoms with Crippen LogP contribution in [0.2, 0.25) is 5.02 Å². The molecule has 6 heteroatoms. The van der Waals surface area contributed by atoms with Gasteiger partial charge in [0.25, 0.3) is 5.91 Å². The third kappa shape index (κ3) is 3.88. The van der Waals surface area contributed by atoms with E-state index >= 15 is 0 Å². The number of aryl methyl sites for hydroxylation is 1. The first kappa shape index (κ1) is 17.7. The maximum absolute atomic E-state index is 12.9. The number of carbonyl (C=O) groups excluding carboxylic acids is 1. The van der Waals surface area contributed by atoms with Crippen LogP contribution in [0.25, 0.3) is 0 Å². The van der Waals surface area contributed by atoms with Gasteiger partial charge in [-0.2, -0.15) is 0 Å². The number of rotatable bonds is 4. The van der Waals surface area contributed by atoms with Gasteiger partial charge in [-0.15, -0.1) is 0 Å². The third-order valence-electron chi connectivity index (χ3n) is 4.74. The average Bonchev–Trinajstić information content (AvgIpc) is 3.30. The maximum atomic E-state index is 12.9. The van der Waals surface area contributed by atoms with Crippen LogP contribution >= 0.6 is 11.6 Å². The normalized spacial score (nSPS) is 16.7. The smallest absolute Gasteiger partial charge is 0.273 e. The van der Waals surface area contributed by atoms with Crippen LogP contribution in [0, 0.1) is 6.92 Å². The maximum Gasteiger partial charge on any atom is 0.273 e. The van der Waals surface area contributed by atoms with E-state index in [9.17, 15) is 4.79 Å². The monoisotopic (exact) mass is 381 g/mol. The molecule has 2 aromatic heterocycles. The highest BCUT2D eigenvalue weighted by molar-refractivity contribution is 6.30. The van der Waals surface area contributed by atoms with Crippen molar-refractivity contribution in [3.63, 3.8) is 0 Å². The molecule has 1 atom stereocenters. The van der Waals surface area contributed by atoms with Gasteiger partial charge in [0.2, 0.25) is 5.89 Å². The zero-order chi connectivity index (χ0) is 18.8. The Morgan fingerprint density at radius 1 is 1.30 bits per heavy atom. The molecule has 3 heterocycles. The van der Waals surface area contributed by atoms with Gasteiger partial charge in [0.1, 0.15) is 17.5 Å². The van der Waals surface area contributed by atoms with Crippen LogP contribution in [-0.4, -0.2) is 27.3 Å². The first-order valence-electron chi connectivity index (χ1n) is 9.04. The standard InChI is InChI=1S/C21H20ClN3O2/c1-14-5-2-8-18(24-14)21(26)25-10-4-9-19(25)20-23-13-17(27-20)12-15-6-3-7-16(22)11-15/h2-3,5-8,11,13,19H,4,9-10,12H2,1H3/t19-/m1/s1. The van der Waals surface area contributed by atoms with Gasteiger partial charge in [0.05, 0.1) is 6.20 Å². The lowest BCUT2D eigenvalue weighted by Crippen LogP contribution is -2.31. The van der Waals surface area contributed by atoms with Gasteiger partial charge in [-0.25, -0.2) is 9.97 Å². The van der Waals surface area contributed by atoms with Gasteiger partial charge in [-0.05, 0) is 49.6 Å². The van der Waals surface area contributed by atoms with E-state index in [-0.39, 0.29) is 11.9 Å². The summed E-state index contributed by atoms with van der Waals surface area (Å²) in [5, 5.41) is 0.699. The van der Waals surface area contributed by atoms with Crippen LogP contribution in [0.4, 0.5) is 0 Å². The SMILES string of the molecule is Cc1cccc(C(=O)N2CCC[C@@H]2c2ncc(Cc3cccc(Cl)c3)o2)n1. The fourth-order valence-corrected chi connectivity index (χ4v) is 3.70. The van der Waals surface area contributed by atoms with Crippen molar-refractivity contribution < 1.29 is 9.21 Å². The Kier molecular flexibility index (Phi) is 4.94. The zero-order valence-electron chi connectivity index (χ0n) is 15.1. The lowest BCUT2D eigenvalue weighted by molar-refractivity contribution is 0.0708. The lowest BCUT2D eigenvalue weighted by Gasteiger charge is -2.22. The van der Waals surface area contributed by atoms with Crippen molar-refractivity contribution >= 4 is 17.5 Å². The Balaban J connectivity index is 1.52. The van der Waals surface area contributed by atoms with Crippen molar-refractivity contribution in [1.82, 2.24) is 14.9 Å². The van der Waals surface area contributed by atoms with Crippen LogP contribution in [-0.2, 0) is 6.42 Å². The van der Waals surface area contributed by atoms with E-state index in [0.29, 0.717) is 29.6 Å². The molecule has 1 aliphatic heterocycles. The van der Waals surface area contributed by atoms with Crippen molar-refractivity contribution in [1.29, 1.82) is 0 Å². The van der Waals surface area contributed by atoms with Crippen molar-refractivity contribution in [3.05, 3.63) is 82.3 Å². The van der Waals surface area contributed by atoms with E-state index < -0.39 is 0 Å². The van der Waals surface area contributed by atoms with Crippen LogP contribution in [0.3, 0.4) is 0 Å². The number of halogens is 1. The number of pyridine rings is 1. The molecule has 3 aromatic rings. The van der Waals surface area contributed by atoms with E-state index in [1.54, 1.807) is 12.3 Å². The predicted molar refractivity (Wildman–Crippen MR) is 103 cm³/mol. The molecule has 1 fully saturated rings. The highest BCUT2D eigenvalue weighted by atomic mass is 35.5. The van der Waals surface area contributed by atoms with Crippen LogP contribution < -0.4 is 0 Å². The van der Waals surface area contributed by atoms with E-state index in [1.807, 2.05) is 48.2 Å². The highest BCUT2D eigenvalue weighted by Crippen LogP contribution is 2.33. The topological polar surface area (TPSA) is 59.2 Å². The molecule has 0 aliphatic carbocycles. The quantitative estimate of drug-likeness (QED) is 0.662. The van der Waals surface area contributed by atoms with Gasteiger partial charge in [-0.1, -0.05) is 29.8 Å². The Labute approximate surface area is 163 Å². The largest absolute Gasteiger partial charge is 0.443 e. The van der Waals surface area contributed by atoms with Gasteiger partial charge in [0, 0.05) is 23.7 Å². The molecule has 5 nitrogen and oxygen atoms in total. The van der Waals surface area contributed by atoms with Crippen molar-refractivity contribution in [2.24, 2.45) is 0 Å². The summed E-state index contributed by atoms with van der Waals surface area (Å²) in [7, 11) is 0. The second-order valence-corrected chi connectivity index (χ2v) is 7.23. The van der Waals surface area contributed by atoms with E-state index in [2.05, 4.69) is 9.97 Å². The molecule has 1 aliphatic rings. The van der Waals surface area contributed by atoms with Crippen molar-refractivity contribution in [3.8, 4) is 0 Å². The van der Waals surface area contributed by atoms with Crippen LogP contribution in [0.1, 0.15) is 52.3 Å². The molecule has 0 radical (unpaired) electrons. The third-order valence-corrected chi connectivity index (χ3v) is 4.98. The summed E-state index contributed by atoms with van der Waals surface area (Å²) >= 11 is 6.05. The molecule has 0 saturated carbocycles. The number of likely N-dealkylation sites (tertiary alicyclic amines) is 1. The Morgan fingerprint density at radius 2 is 2.15 bits per heavy atom. The number of oxazole rings is 1. The van der Waals surface area contributed by atoms with Crippen LogP contribution in [0.5, 0.6) is 0 Å². The first-order chi connectivity index (χ1) is 13.1. The number of aromatic nitrogens is 2. The minimum absolute atomic E-state index is 0.0733. The molecule has 0 spiro atoms. The second-order valence-electron chi connectivity index (χ2n) is 6.79. The fraction of sp³-hybridized carbons (Fsp3) is 0.286. The summed E-state index contributed by atoms with van der Waals surface area (Å²) in [4.78, 5) is 23.5. The minimum Gasteiger partial charge on any atom is -0.443 e. The molecule has 1 amide bonds. The Hall–Kier alpha value is -2.66. The molecular formula is C21H20ClN3O2. The number of amides is 1. The lowest BCUT2D eigenvalue weighted by atomic mass is 10.1. The summed E-state index contributed by atoms with van der Waals surface area (Å²) in [6, 6.07) is 13.0. The molecule has 1 aromatic carbocycles. The number of hydrogen-bond acceptors (Lipinski definition) is 4. The number of hydrogen-bond donors (Lipinski definition) is 0. The van der Waals surface area contributed by atoms with E-state index in [4.69, 9.17) is 16.0 Å². The van der Waals surface area contributed by atoms with E-state index in [1.165, 1.54) is 0 Å². The van der Waals surface area contributed by atoms with Gasteiger partial charge in [-0.3, -0.25) is 4.79 Å². The molecule has 1 saturated heterocycles. The Morgan fingerprint density at radius 3 is 2.96 bits per heavy atom. The highest BCUT2D eigenvalue weighted by Gasteiger charge is 2.34. The molecule has 27 heavy (non-hydrogen) atoms. The van der Waals surface area contributed by atoms with E-state index in [0.717, 1.165) is 29.9 Å². The van der Waals surface area contributed by atoms with Crippen molar-refractivity contribution in [2.45, 2.75) is 32.2 Å². The Bertz CT molecular complexity index is 969. The summed E-state index contributed by atoms with van der Waals surface area (Å²) in [6.07, 6.45) is 4.12. The second kappa shape index (κ2) is 7.53. The summed E-state index contributed by atoms with van der Waals surface area (Å²) in [5.41, 5.74) is 2.36. The van der Waals surface area contributed by atoms with Crippen molar-refractivity contribution in [2.75, 3.05) is 6.54 Å². The van der Waals surface area contributed by atoms with Gasteiger partial charge >= 0.3 is 0 Å². The summed E-state index contributed by atoms with van der Waals surface area (Å²) < 4.78 is 5.98. The molecule has 0 unspecified atom stereocenters. The minimum atomic E-state index is -0.145. The van der Waals surface area contributed by atoms with Gasteiger partial charge in [0.15, 0.2) is 0 Å². The summed E-state index contributed by atoms with van der Waals surface area (Å²) in [5.74, 6) is 1.28. The molecule has 0 bridgehead atoms. The molecule has 138 valence electrons. The average molecular weight is 382 g/mol. The predicted octanol–water partition coefficient (Wildman–Crippen LogP) is 4.60. The molecular weight excluding hydrogens is 362 g/mol. The molecule has 4 rings (SSSR count). The fourth-order valence-electron chi connectivity index (χ4n) is 3.48. The van der Waals surface area contributed by atoms with Gasteiger partial charge < -0.3 is 9.32 Å². The number of carbonyl (C=O) groups is 1. The zero-order valence-corrected chi connectivity index (χ0v) is 15.8. The number of benzene rings is 1. The first-order valence-corrected chi connectivity index (χ1v) is 9.41.